The molecule has 5 heteroatoms. The summed E-state index contributed by atoms with van der Waals surface area (Å²) in [6, 6.07) is 4.10. The van der Waals surface area contributed by atoms with Crippen LogP contribution in [0.2, 0.25) is 0 Å². The first kappa shape index (κ1) is 13.2. The van der Waals surface area contributed by atoms with Gasteiger partial charge in [-0.3, -0.25) is 0 Å². The molecule has 0 aromatic heterocycles. The normalized spacial score (nSPS) is 12.1. The zero-order chi connectivity index (χ0) is 13.0. The SMILES string of the molecule is CC(O)CCc1cccc(C(=O)[O-])c1C(=O)[O-]. The van der Waals surface area contributed by atoms with E-state index in [1.807, 2.05) is 0 Å². The van der Waals surface area contributed by atoms with Crippen LogP contribution in [0.15, 0.2) is 18.2 Å². The van der Waals surface area contributed by atoms with Crippen LogP contribution in [0, 0.1) is 0 Å². The molecular formula is C12H12O5-2. The fraction of sp³-hybridized carbons (Fsp3) is 0.333. The minimum Gasteiger partial charge on any atom is -0.545 e. The Balaban J connectivity index is 3.16. The van der Waals surface area contributed by atoms with Crippen molar-refractivity contribution in [3.05, 3.63) is 34.9 Å². The minimum absolute atomic E-state index is 0.266. The summed E-state index contributed by atoms with van der Waals surface area (Å²) in [5.41, 5.74) is -0.436. The second kappa shape index (κ2) is 5.45. The number of aryl methyl sites for hydroxylation is 1. The van der Waals surface area contributed by atoms with Crippen LogP contribution in [0.3, 0.4) is 0 Å². The summed E-state index contributed by atoms with van der Waals surface area (Å²) in [4.78, 5) is 21.7. The van der Waals surface area contributed by atoms with Crippen LogP contribution in [0.5, 0.6) is 0 Å². The summed E-state index contributed by atoms with van der Waals surface area (Å²) in [7, 11) is 0. The molecule has 1 aromatic carbocycles. The average molecular weight is 236 g/mol. The van der Waals surface area contributed by atoms with Gasteiger partial charge < -0.3 is 24.9 Å². The molecule has 1 aromatic rings. The van der Waals surface area contributed by atoms with Gasteiger partial charge in [0.2, 0.25) is 0 Å². The summed E-state index contributed by atoms with van der Waals surface area (Å²) < 4.78 is 0. The van der Waals surface area contributed by atoms with Gasteiger partial charge in [-0.1, -0.05) is 18.2 Å². The number of carboxylic acid groups (broad SMARTS) is 2. The number of carbonyl (C=O) groups is 2. The smallest absolute Gasteiger partial charge is 0.0724 e. The Bertz CT molecular complexity index is 437. The molecule has 0 spiro atoms. The predicted molar refractivity (Wildman–Crippen MR) is 55.1 cm³/mol. The lowest BCUT2D eigenvalue weighted by atomic mass is 9.97. The maximum Gasteiger partial charge on any atom is 0.0724 e. The molecule has 1 rings (SSSR count). The first-order chi connectivity index (χ1) is 7.93. The Labute approximate surface area is 98.3 Å². The van der Waals surface area contributed by atoms with Gasteiger partial charge in [0.15, 0.2) is 0 Å². The van der Waals surface area contributed by atoms with Crippen LogP contribution >= 0.6 is 0 Å². The summed E-state index contributed by atoms with van der Waals surface area (Å²) in [6.07, 6.45) is 0.0232. The monoisotopic (exact) mass is 236 g/mol. The van der Waals surface area contributed by atoms with Crippen LogP contribution in [0.1, 0.15) is 39.6 Å². The summed E-state index contributed by atoms with van der Waals surface area (Å²) in [5.74, 6) is -3.10. The third kappa shape index (κ3) is 3.29. The Morgan fingerprint density at radius 1 is 1.29 bits per heavy atom. The minimum atomic E-state index is -1.55. The van der Waals surface area contributed by atoms with E-state index in [-0.39, 0.29) is 12.0 Å². The molecule has 0 amide bonds. The lowest BCUT2D eigenvalue weighted by Gasteiger charge is -2.16. The Morgan fingerprint density at radius 2 is 1.94 bits per heavy atom. The molecule has 0 saturated carbocycles. The van der Waals surface area contributed by atoms with E-state index in [0.29, 0.717) is 12.0 Å². The zero-order valence-corrected chi connectivity index (χ0v) is 9.30. The lowest BCUT2D eigenvalue weighted by molar-refractivity contribution is -0.259. The highest BCUT2D eigenvalue weighted by Gasteiger charge is 2.10. The predicted octanol–water partition coefficient (Wildman–Crippen LogP) is -1.27. The molecular weight excluding hydrogens is 224 g/mol. The van der Waals surface area contributed by atoms with Gasteiger partial charge in [-0.15, -0.1) is 0 Å². The molecule has 0 aliphatic carbocycles. The highest BCUT2D eigenvalue weighted by molar-refractivity contribution is 6.01. The molecule has 0 radical (unpaired) electrons. The maximum atomic E-state index is 10.9. The van der Waals surface area contributed by atoms with Gasteiger partial charge in [-0.2, -0.15) is 0 Å². The van der Waals surface area contributed by atoms with Crippen LogP contribution in [0.4, 0.5) is 0 Å². The number of hydrogen-bond acceptors (Lipinski definition) is 5. The average Bonchev–Trinajstić information content (AvgIpc) is 2.25. The van der Waals surface area contributed by atoms with Crippen molar-refractivity contribution >= 4 is 11.9 Å². The van der Waals surface area contributed by atoms with E-state index in [1.165, 1.54) is 12.1 Å². The molecule has 1 unspecified atom stereocenters. The Kier molecular flexibility index (Phi) is 4.23. The van der Waals surface area contributed by atoms with Crippen molar-refractivity contribution in [3.8, 4) is 0 Å². The van der Waals surface area contributed by atoms with Crippen molar-refractivity contribution in [2.45, 2.75) is 25.9 Å². The number of carbonyl (C=O) groups excluding carboxylic acids is 2. The third-order valence-corrected chi connectivity index (χ3v) is 2.41. The van der Waals surface area contributed by atoms with Gasteiger partial charge in [0, 0.05) is 11.1 Å². The highest BCUT2D eigenvalue weighted by Crippen LogP contribution is 2.16. The molecule has 0 aliphatic heterocycles. The van der Waals surface area contributed by atoms with Crippen LogP contribution < -0.4 is 10.2 Å². The summed E-state index contributed by atoms with van der Waals surface area (Å²) in [5, 5.41) is 30.8. The molecule has 5 nitrogen and oxygen atoms in total. The van der Waals surface area contributed by atoms with Gasteiger partial charge in [-0.05, 0) is 25.3 Å². The number of aliphatic hydroxyl groups excluding tert-OH is 1. The second-order valence-electron chi connectivity index (χ2n) is 3.80. The molecule has 0 saturated heterocycles. The number of benzene rings is 1. The number of rotatable bonds is 5. The van der Waals surface area contributed by atoms with E-state index in [0.717, 1.165) is 6.07 Å². The fourth-order valence-corrected chi connectivity index (χ4v) is 1.58. The topological polar surface area (TPSA) is 100 Å². The van der Waals surface area contributed by atoms with Crippen molar-refractivity contribution in [3.63, 3.8) is 0 Å². The number of aromatic carboxylic acids is 2. The molecule has 1 N–H and O–H groups in total. The van der Waals surface area contributed by atoms with Crippen molar-refractivity contribution in [2.24, 2.45) is 0 Å². The van der Waals surface area contributed by atoms with E-state index in [4.69, 9.17) is 5.11 Å². The summed E-state index contributed by atoms with van der Waals surface area (Å²) >= 11 is 0. The van der Waals surface area contributed by atoms with Crippen molar-refractivity contribution < 1.29 is 24.9 Å². The van der Waals surface area contributed by atoms with Crippen LogP contribution in [0.25, 0.3) is 0 Å². The zero-order valence-electron chi connectivity index (χ0n) is 9.30. The van der Waals surface area contributed by atoms with E-state index in [2.05, 4.69) is 0 Å². The second-order valence-corrected chi connectivity index (χ2v) is 3.80. The molecule has 1 atom stereocenters. The number of carboxylic acids is 2. The number of hydrogen-bond donors (Lipinski definition) is 1. The number of aliphatic hydroxyl groups is 1. The van der Waals surface area contributed by atoms with Gasteiger partial charge >= 0.3 is 0 Å². The largest absolute Gasteiger partial charge is 0.545 e. The Hall–Kier alpha value is -1.88. The van der Waals surface area contributed by atoms with Gasteiger partial charge in [0.05, 0.1) is 18.0 Å². The van der Waals surface area contributed by atoms with Gasteiger partial charge in [-0.25, -0.2) is 0 Å². The van der Waals surface area contributed by atoms with Crippen LogP contribution in [-0.2, 0) is 6.42 Å². The van der Waals surface area contributed by atoms with Gasteiger partial charge in [0.1, 0.15) is 0 Å². The van der Waals surface area contributed by atoms with Crippen molar-refractivity contribution in [2.75, 3.05) is 0 Å². The Morgan fingerprint density at radius 3 is 2.41 bits per heavy atom. The molecule has 0 aliphatic rings. The lowest BCUT2D eigenvalue weighted by Crippen LogP contribution is -2.31. The third-order valence-electron chi connectivity index (χ3n) is 2.41. The standard InChI is InChI=1S/C12H14O5/c1-7(13)5-6-8-3-2-4-9(11(14)15)10(8)12(16)17/h2-4,7,13H,5-6H2,1H3,(H,14,15)(H,16,17)/p-2. The maximum absolute atomic E-state index is 10.9. The van der Waals surface area contributed by atoms with E-state index in [1.54, 1.807) is 6.92 Å². The van der Waals surface area contributed by atoms with Crippen molar-refractivity contribution in [1.29, 1.82) is 0 Å². The quantitative estimate of drug-likeness (QED) is 0.686. The molecule has 0 heterocycles. The molecule has 0 fully saturated rings. The molecule has 92 valence electrons. The first-order valence-electron chi connectivity index (χ1n) is 5.16. The van der Waals surface area contributed by atoms with E-state index >= 15 is 0 Å². The molecule has 17 heavy (non-hydrogen) atoms. The van der Waals surface area contributed by atoms with Gasteiger partial charge in [0.25, 0.3) is 0 Å². The van der Waals surface area contributed by atoms with Crippen LogP contribution in [-0.4, -0.2) is 23.1 Å². The van der Waals surface area contributed by atoms with Crippen molar-refractivity contribution in [1.82, 2.24) is 0 Å². The van der Waals surface area contributed by atoms with E-state index in [9.17, 15) is 19.8 Å². The first-order valence-corrected chi connectivity index (χ1v) is 5.16. The fourth-order valence-electron chi connectivity index (χ4n) is 1.58. The highest BCUT2D eigenvalue weighted by atomic mass is 16.4. The van der Waals surface area contributed by atoms with E-state index < -0.39 is 23.6 Å². The molecule has 0 bridgehead atoms. The summed E-state index contributed by atoms with van der Waals surface area (Å²) in [6.45, 7) is 1.57.